The van der Waals surface area contributed by atoms with Gasteiger partial charge in [-0.1, -0.05) is 81.4 Å². The second-order valence-corrected chi connectivity index (χ2v) is 12.2. The first-order chi connectivity index (χ1) is 20.6. The van der Waals surface area contributed by atoms with E-state index in [1.807, 2.05) is 85.7 Å². The molecule has 232 valence electrons. The molecule has 3 amide bonds. The molecule has 4 rings (SSSR count). The Kier molecular flexibility index (Phi) is 12.9. The van der Waals surface area contributed by atoms with Crippen molar-refractivity contribution in [3.63, 3.8) is 0 Å². The summed E-state index contributed by atoms with van der Waals surface area (Å²) >= 11 is 0. The van der Waals surface area contributed by atoms with Gasteiger partial charge in [0.15, 0.2) is 5.82 Å². The average Bonchev–Trinajstić information content (AvgIpc) is 3.63. The number of likely N-dealkylation sites (tertiary alicyclic amines) is 1. The van der Waals surface area contributed by atoms with E-state index in [0.29, 0.717) is 31.9 Å². The molecule has 3 aromatic rings. The summed E-state index contributed by atoms with van der Waals surface area (Å²) in [6.07, 6.45) is 7.56. The number of rotatable bonds is 12. The number of aromatic nitrogens is 2. The summed E-state index contributed by atoms with van der Waals surface area (Å²) < 4.78 is 7.40. The maximum Gasteiger partial charge on any atom is 0.245 e. The molecule has 0 spiro atoms. The molecule has 0 radical (unpaired) electrons. The number of nitrogens with one attached hydrogen (secondary N) is 2. The molecule has 2 aromatic carbocycles. The van der Waals surface area contributed by atoms with Crippen molar-refractivity contribution in [3.05, 3.63) is 84.3 Å². The Labute approximate surface area is 256 Å². The molecule has 9 nitrogen and oxygen atoms in total. The molecule has 1 aliphatic heterocycles. The van der Waals surface area contributed by atoms with Gasteiger partial charge in [-0.05, 0) is 50.7 Å². The number of imidazole rings is 1. The lowest BCUT2D eigenvalue weighted by molar-refractivity contribution is -0.135. The minimum Gasteiger partial charge on any atom is -0.375 e. The number of nitrogens with zero attached hydrogens (tertiary/aromatic N) is 3. The summed E-state index contributed by atoms with van der Waals surface area (Å²) in [5, 5.41) is 5.48. The molecule has 3 atom stereocenters. The number of aryl methyl sites for hydroxylation is 1. The number of anilines is 1. The number of hydrogen-bond acceptors (Lipinski definition) is 5. The second kappa shape index (κ2) is 16.6. The van der Waals surface area contributed by atoms with Gasteiger partial charge in [-0.15, -0.1) is 0 Å². The minimum atomic E-state index is -0.353. The molecular formula is C34H47N5O4. The lowest BCUT2D eigenvalue weighted by atomic mass is 9.95. The topological polar surface area (TPSA) is 106 Å². The van der Waals surface area contributed by atoms with Crippen molar-refractivity contribution in [2.75, 3.05) is 18.5 Å². The fraction of sp³-hybridized carbons (Fsp3) is 0.471. The summed E-state index contributed by atoms with van der Waals surface area (Å²) in [5.74, 6) is 0.649. The van der Waals surface area contributed by atoms with Gasteiger partial charge in [0.1, 0.15) is 6.04 Å². The van der Waals surface area contributed by atoms with Crippen molar-refractivity contribution in [2.24, 2.45) is 5.41 Å². The molecule has 9 heteroatoms. The highest BCUT2D eigenvalue weighted by molar-refractivity contribution is 5.82. The molecule has 0 aliphatic carbocycles. The van der Waals surface area contributed by atoms with Crippen LogP contribution in [0.3, 0.4) is 0 Å². The van der Waals surface area contributed by atoms with Crippen LogP contribution in [-0.4, -0.2) is 57.9 Å². The molecule has 1 aliphatic rings. The van der Waals surface area contributed by atoms with Crippen molar-refractivity contribution < 1.29 is 19.1 Å². The maximum absolute atomic E-state index is 13.1. The van der Waals surface area contributed by atoms with Crippen LogP contribution in [0.4, 0.5) is 5.82 Å². The van der Waals surface area contributed by atoms with Crippen LogP contribution in [0.2, 0.25) is 0 Å². The van der Waals surface area contributed by atoms with Crippen LogP contribution in [0.25, 0.3) is 0 Å². The molecule has 1 fully saturated rings. The molecule has 1 unspecified atom stereocenters. The Morgan fingerprint density at radius 1 is 1.07 bits per heavy atom. The second-order valence-electron chi connectivity index (χ2n) is 12.2. The lowest BCUT2D eigenvalue weighted by Gasteiger charge is -2.27. The smallest absolute Gasteiger partial charge is 0.245 e. The third kappa shape index (κ3) is 11.0. The first-order valence-electron chi connectivity index (χ1n) is 15.1. The van der Waals surface area contributed by atoms with Crippen LogP contribution in [-0.2, 0) is 32.1 Å². The van der Waals surface area contributed by atoms with Crippen LogP contribution in [0.5, 0.6) is 0 Å². The molecule has 0 saturated carbocycles. The Bertz CT molecular complexity index is 1270. The molecular weight excluding hydrogens is 542 g/mol. The number of ether oxygens (including phenoxy) is 1. The Morgan fingerprint density at radius 3 is 2.30 bits per heavy atom. The summed E-state index contributed by atoms with van der Waals surface area (Å²) in [6.45, 7) is 11.7. The van der Waals surface area contributed by atoms with Gasteiger partial charge in [0.2, 0.25) is 18.2 Å². The van der Waals surface area contributed by atoms with Crippen molar-refractivity contribution >= 4 is 24.0 Å². The monoisotopic (exact) mass is 589 g/mol. The maximum atomic E-state index is 13.1. The summed E-state index contributed by atoms with van der Waals surface area (Å²) in [7, 11) is 0. The van der Waals surface area contributed by atoms with Crippen molar-refractivity contribution in [2.45, 2.75) is 85.0 Å². The zero-order valence-electron chi connectivity index (χ0n) is 26.2. The van der Waals surface area contributed by atoms with E-state index in [1.165, 1.54) is 5.56 Å². The number of benzene rings is 2. The van der Waals surface area contributed by atoms with Crippen LogP contribution in [0.1, 0.15) is 71.0 Å². The summed E-state index contributed by atoms with van der Waals surface area (Å²) in [6, 6.07) is 20.2. The molecule has 0 bridgehead atoms. The Balaban J connectivity index is 0.000000250. The highest BCUT2D eigenvalue weighted by Gasteiger charge is 2.31. The summed E-state index contributed by atoms with van der Waals surface area (Å²) in [5.41, 5.74) is 2.00. The number of carbonyl (C=O) groups excluding carboxylic acids is 3. The molecule has 1 aromatic heterocycles. The van der Waals surface area contributed by atoms with E-state index < -0.39 is 0 Å². The summed E-state index contributed by atoms with van der Waals surface area (Å²) in [4.78, 5) is 41.6. The van der Waals surface area contributed by atoms with Crippen molar-refractivity contribution in [3.8, 4) is 0 Å². The largest absolute Gasteiger partial charge is 0.375 e. The Morgan fingerprint density at radius 2 is 1.72 bits per heavy atom. The van der Waals surface area contributed by atoms with E-state index in [-0.39, 0.29) is 35.4 Å². The van der Waals surface area contributed by atoms with Crippen LogP contribution in [0, 0.1) is 5.41 Å². The van der Waals surface area contributed by atoms with Crippen LogP contribution < -0.4 is 10.6 Å². The fourth-order valence-corrected chi connectivity index (χ4v) is 4.85. The zero-order chi connectivity index (χ0) is 31.2. The highest BCUT2D eigenvalue weighted by Crippen LogP contribution is 2.25. The van der Waals surface area contributed by atoms with Gasteiger partial charge in [0, 0.05) is 30.2 Å². The van der Waals surface area contributed by atoms with Gasteiger partial charge in [-0.3, -0.25) is 14.4 Å². The molecule has 2 N–H and O–H groups in total. The van der Waals surface area contributed by atoms with Gasteiger partial charge in [0.05, 0.1) is 19.5 Å². The SMILES string of the molecule is C[C@@H](COCc1ccccc1)NC(=O)C(C)(C)C.C[C@@H]1CCCN1C(=O)C(CCc1ccccc1)n1cnc(NC=O)c1. The van der Waals surface area contributed by atoms with Gasteiger partial charge >= 0.3 is 0 Å². The standard InChI is InChI=1S/C19H24N4O2.C15H23NO2/c1-15-6-5-11-23(15)19(25)17(10-9-16-7-3-2-4-8-16)22-12-18(20-13-22)21-14-24;1-12(16-14(17)15(2,3)4)10-18-11-13-8-6-5-7-9-13/h2-4,7-8,12-15,17H,5-6,9-11H2,1H3,(H,21,24);5-9,12H,10-11H2,1-4H3,(H,16,17)/t15-,17?;12-/m10/s1. The highest BCUT2D eigenvalue weighted by atomic mass is 16.5. The molecule has 1 saturated heterocycles. The van der Waals surface area contributed by atoms with Crippen LogP contribution >= 0.6 is 0 Å². The van der Waals surface area contributed by atoms with Gasteiger partial charge in [-0.25, -0.2) is 4.98 Å². The van der Waals surface area contributed by atoms with Gasteiger partial charge in [0.25, 0.3) is 0 Å². The van der Waals surface area contributed by atoms with E-state index in [9.17, 15) is 14.4 Å². The van der Waals surface area contributed by atoms with E-state index >= 15 is 0 Å². The molecule has 43 heavy (non-hydrogen) atoms. The van der Waals surface area contributed by atoms with Gasteiger partial charge in [-0.2, -0.15) is 0 Å². The van der Waals surface area contributed by atoms with Crippen LogP contribution in [0.15, 0.2) is 73.2 Å². The average molecular weight is 590 g/mol. The van der Waals surface area contributed by atoms with E-state index in [1.54, 1.807) is 12.5 Å². The minimum absolute atomic E-state index is 0.0282. The first kappa shape index (κ1) is 33.5. The van der Waals surface area contributed by atoms with Crippen molar-refractivity contribution in [1.82, 2.24) is 19.8 Å². The Hall–Kier alpha value is -3.98. The normalized spacial score (nSPS) is 16.0. The van der Waals surface area contributed by atoms with E-state index in [0.717, 1.165) is 31.4 Å². The quantitative estimate of drug-likeness (QED) is 0.276. The predicted octanol–water partition coefficient (Wildman–Crippen LogP) is 5.39. The number of amides is 3. The molecule has 2 heterocycles. The van der Waals surface area contributed by atoms with E-state index in [2.05, 4.69) is 34.7 Å². The third-order valence-electron chi connectivity index (χ3n) is 7.38. The van der Waals surface area contributed by atoms with E-state index in [4.69, 9.17) is 4.74 Å². The number of carbonyl (C=O) groups is 3. The third-order valence-corrected chi connectivity index (χ3v) is 7.38. The fourth-order valence-electron chi connectivity index (χ4n) is 4.85. The predicted molar refractivity (Wildman–Crippen MR) is 169 cm³/mol. The van der Waals surface area contributed by atoms with Crippen molar-refractivity contribution in [1.29, 1.82) is 0 Å². The van der Waals surface area contributed by atoms with Gasteiger partial charge < -0.3 is 24.8 Å². The zero-order valence-corrected chi connectivity index (χ0v) is 26.2. The first-order valence-corrected chi connectivity index (χ1v) is 15.1. The lowest BCUT2D eigenvalue weighted by Crippen LogP contribution is -2.42. The number of hydrogen-bond donors (Lipinski definition) is 2.